The van der Waals surface area contributed by atoms with Crippen LogP contribution in [-0.2, 0) is 4.79 Å². The van der Waals surface area contributed by atoms with Crippen molar-refractivity contribution < 1.29 is 28.5 Å². The molecule has 2 heterocycles. The third-order valence-electron chi connectivity index (χ3n) is 4.73. The third-order valence-corrected chi connectivity index (χ3v) is 5.73. The summed E-state index contributed by atoms with van der Waals surface area (Å²) in [4.78, 5) is 29.3. The molecule has 1 aromatic heterocycles. The zero-order valence-electron chi connectivity index (χ0n) is 18.4. The van der Waals surface area contributed by atoms with E-state index in [9.17, 15) is 9.59 Å². The third kappa shape index (κ3) is 5.90. The molecule has 0 radical (unpaired) electrons. The van der Waals surface area contributed by atoms with E-state index in [0.29, 0.717) is 45.8 Å². The molecule has 9 nitrogen and oxygen atoms in total. The van der Waals surface area contributed by atoms with Crippen LogP contribution >= 0.6 is 11.8 Å². The van der Waals surface area contributed by atoms with Gasteiger partial charge in [-0.1, -0.05) is 23.9 Å². The van der Waals surface area contributed by atoms with E-state index in [4.69, 9.17) is 18.9 Å². The van der Waals surface area contributed by atoms with Gasteiger partial charge in [0, 0.05) is 18.0 Å². The van der Waals surface area contributed by atoms with E-state index in [1.807, 2.05) is 12.1 Å². The standard InChI is InChI=1S/C24H23N3O6S/c1-30-18-6-2-3-7-19(18)31-12-11-25-23(29)17-5-4-10-26-24(17)34-14-22(28)27-16-8-9-20-21(13-16)33-15-32-20/h2-10,13H,11-12,14-15H2,1H3,(H,25,29)(H,27,28). The quantitative estimate of drug-likeness (QED) is 0.335. The number of thioether (sulfide) groups is 1. The van der Waals surface area contributed by atoms with Gasteiger partial charge in [0.2, 0.25) is 12.7 Å². The molecule has 34 heavy (non-hydrogen) atoms. The molecule has 1 aliphatic heterocycles. The second-order valence-electron chi connectivity index (χ2n) is 7.02. The molecule has 0 bridgehead atoms. The van der Waals surface area contributed by atoms with Crippen LogP contribution in [0.5, 0.6) is 23.0 Å². The van der Waals surface area contributed by atoms with Gasteiger partial charge in [0.15, 0.2) is 23.0 Å². The highest BCUT2D eigenvalue weighted by Gasteiger charge is 2.16. The van der Waals surface area contributed by atoms with Crippen LogP contribution in [0.15, 0.2) is 65.8 Å². The van der Waals surface area contributed by atoms with E-state index in [1.54, 1.807) is 55.8 Å². The molecule has 0 fully saturated rings. The Hall–Kier alpha value is -3.92. The number of ether oxygens (including phenoxy) is 4. The SMILES string of the molecule is COc1ccccc1OCCNC(=O)c1cccnc1SCC(=O)Nc1ccc2c(c1)OCO2. The smallest absolute Gasteiger partial charge is 0.254 e. The summed E-state index contributed by atoms with van der Waals surface area (Å²) in [5.74, 6) is 2.02. The van der Waals surface area contributed by atoms with Gasteiger partial charge in [-0.15, -0.1) is 0 Å². The summed E-state index contributed by atoms with van der Waals surface area (Å²) in [6.07, 6.45) is 1.58. The van der Waals surface area contributed by atoms with Crippen molar-refractivity contribution >= 4 is 29.3 Å². The van der Waals surface area contributed by atoms with Crippen LogP contribution in [0, 0.1) is 0 Å². The lowest BCUT2D eigenvalue weighted by molar-refractivity contribution is -0.113. The molecular weight excluding hydrogens is 458 g/mol. The Morgan fingerprint density at radius 2 is 1.88 bits per heavy atom. The van der Waals surface area contributed by atoms with Crippen LogP contribution < -0.4 is 29.6 Å². The lowest BCUT2D eigenvalue weighted by Crippen LogP contribution is -2.28. The predicted octanol–water partition coefficient (Wildman–Crippen LogP) is 3.36. The van der Waals surface area contributed by atoms with E-state index in [1.165, 1.54) is 11.8 Å². The molecule has 0 saturated carbocycles. The Kier molecular flexibility index (Phi) is 7.71. The van der Waals surface area contributed by atoms with Crippen LogP contribution in [-0.4, -0.2) is 49.6 Å². The summed E-state index contributed by atoms with van der Waals surface area (Å²) in [7, 11) is 1.57. The van der Waals surface area contributed by atoms with Crippen LogP contribution in [0.1, 0.15) is 10.4 Å². The summed E-state index contributed by atoms with van der Waals surface area (Å²) in [6, 6.07) is 15.8. The summed E-state index contributed by atoms with van der Waals surface area (Å²) in [6.45, 7) is 0.729. The lowest BCUT2D eigenvalue weighted by atomic mass is 10.2. The van der Waals surface area contributed by atoms with Crippen molar-refractivity contribution in [3.8, 4) is 23.0 Å². The number of pyridine rings is 1. The summed E-state index contributed by atoms with van der Waals surface area (Å²) in [5.41, 5.74) is 0.990. The van der Waals surface area contributed by atoms with Gasteiger partial charge < -0.3 is 29.6 Å². The number of carbonyl (C=O) groups excluding carboxylic acids is 2. The monoisotopic (exact) mass is 481 g/mol. The number of methoxy groups -OCH3 is 1. The Bertz CT molecular complexity index is 1170. The topological polar surface area (TPSA) is 108 Å². The van der Waals surface area contributed by atoms with Crippen LogP contribution in [0.2, 0.25) is 0 Å². The van der Waals surface area contributed by atoms with E-state index in [-0.39, 0.29) is 31.0 Å². The minimum absolute atomic E-state index is 0.0860. The maximum atomic E-state index is 12.7. The first-order valence-electron chi connectivity index (χ1n) is 10.5. The highest BCUT2D eigenvalue weighted by molar-refractivity contribution is 8.00. The van der Waals surface area contributed by atoms with Gasteiger partial charge in [0.05, 0.1) is 25.0 Å². The summed E-state index contributed by atoms with van der Waals surface area (Å²) >= 11 is 1.18. The van der Waals surface area contributed by atoms with Crippen molar-refractivity contribution in [2.45, 2.75) is 5.03 Å². The minimum atomic E-state index is -0.296. The molecule has 0 unspecified atom stereocenters. The largest absolute Gasteiger partial charge is 0.493 e. The summed E-state index contributed by atoms with van der Waals surface area (Å²) < 4.78 is 21.5. The average Bonchev–Trinajstić information content (AvgIpc) is 3.33. The van der Waals surface area contributed by atoms with Crippen molar-refractivity contribution in [2.75, 3.05) is 38.1 Å². The first kappa shape index (κ1) is 23.2. The minimum Gasteiger partial charge on any atom is -0.493 e. The molecule has 0 aliphatic carbocycles. The number of hydrogen-bond acceptors (Lipinski definition) is 8. The van der Waals surface area contributed by atoms with Gasteiger partial charge >= 0.3 is 0 Å². The molecule has 0 spiro atoms. The first-order chi connectivity index (χ1) is 16.6. The van der Waals surface area contributed by atoms with E-state index < -0.39 is 0 Å². The van der Waals surface area contributed by atoms with E-state index in [2.05, 4.69) is 15.6 Å². The van der Waals surface area contributed by atoms with Crippen molar-refractivity contribution in [2.24, 2.45) is 0 Å². The van der Waals surface area contributed by atoms with Crippen molar-refractivity contribution in [1.29, 1.82) is 0 Å². The Morgan fingerprint density at radius 3 is 2.74 bits per heavy atom. The molecule has 2 amide bonds. The summed E-state index contributed by atoms with van der Waals surface area (Å²) in [5, 5.41) is 6.09. The van der Waals surface area contributed by atoms with Crippen LogP contribution in [0.25, 0.3) is 0 Å². The highest BCUT2D eigenvalue weighted by atomic mass is 32.2. The number of para-hydroxylation sites is 2. The highest BCUT2D eigenvalue weighted by Crippen LogP contribution is 2.34. The van der Waals surface area contributed by atoms with Gasteiger partial charge in [-0.05, 0) is 36.4 Å². The molecule has 2 N–H and O–H groups in total. The number of rotatable bonds is 10. The van der Waals surface area contributed by atoms with Crippen molar-refractivity contribution in [1.82, 2.24) is 10.3 Å². The fourth-order valence-electron chi connectivity index (χ4n) is 3.14. The van der Waals surface area contributed by atoms with Crippen LogP contribution in [0.3, 0.4) is 0 Å². The molecule has 1 aliphatic rings. The number of hydrogen-bond donors (Lipinski definition) is 2. The predicted molar refractivity (Wildman–Crippen MR) is 127 cm³/mol. The number of nitrogens with zero attached hydrogens (tertiary/aromatic N) is 1. The van der Waals surface area contributed by atoms with Crippen molar-refractivity contribution in [3.05, 3.63) is 66.4 Å². The number of fused-ring (bicyclic) bond motifs is 1. The Morgan fingerprint density at radius 1 is 1.06 bits per heavy atom. The fourth-order valence-corrected chi connectivity index (χ4v) is 3.93. The number of benzene rings is 2. The maximum Gasteiger partial charge on any atom is 0.254 e. The van der Waals surface area contributed by atoms with Gasteiger partial charge in [-0.3, -0.25) is 9.59 Å². The molecule has 2 aromatic carbocycles. The Labute approximate surface area is 200 Å². The van der Waals surface area contributed by atoms with Gasteiger partial charge in [0.1, 0.15) is 11.6 Å². The van der Waals surface area contributed by atoms with Gasteiger partial charge in [0.25, 0.3) is 5.91 Å². The fraction of sp³-hybridized carbons (Fsp3) is 0.208. The molecule has 10 heteroatoms. The Balaban J connectivity index is 1.27. The van der Waals surface area contributed by atoms with Crippen LogP contribution in [0.4, 0.5) is 5.69 Å². The lowest BCUT2D eigenvalue weighted by Gasteiger charge is -2.12. The molecule has 4 rings (SSSR count). The number of aromatic nitrogens is 1. The van der Waals surface area contributed by atoms with E-state index >= 15 is 0 Å². The second kappa shape index (κ2) is 11.3. The number of carbonyl (C=O) groups is 2. The maximum absolute atomic E-state index is 12.7. The van der Waals surface area contributed by atoms with Gasteiger partial charge in [-0.25, -0.2) is 4.98 Å². The number of amides is 2. The second-order valence-corrected chi connectivity index (χ2v) is 7.98. The number of anilines is 1. The zero-order chi connectivity index (χ0) is 23.8. The van der Waals surface area contributed by atoms with E-state index in [0.717, 1.165) is 0 Å². The number of nitrogens with one attached hydrogen (secondary N) is 2. The van der Waals surface area contributed by atoms with Crippen molar-refractivity contribution in [3.63, 3.8) is 0 Å². The first-order valence-corrected chi connectivity index (χ1v) is 11.4. The molecule has 0 atom stereocenters. The normalized spacial score (nSPS) is 11.6. The van der Waals surface area contributed by atoms with Gasteiger partial charge in [-0.2, -0.15) is 0 Å². The molecule has 0 saturated heterocycles. The molecular formula is C24H23N3O6S. The molecule has 3 aromatic rings. The average molecular weight is 482 g/mol. The molecule has 176 valence electrons. The zero-order valence-corrected chi connectivity index (χ0v) is 19.2.